The Balaban J connectivity index is 1.36. The van der Waals surface area contributed by atoms with Crippen LogP contribution in [0.4, 0.5) is 0 Å². The maximum absolute atomic E-state index is 13.0. The van der Waals surface area contributed by atoms with Gasteiger partial charge in [-0.3, -0.25) is 4.79 Å². The molecule has 28 heavy (non-hydrogen) atoms. The monoisotopic (exact) mass is 414 g/mol. The Bertz CT molecular complexity index is 927. The van der Waals surface area contributed by atoms with Gasteiger partial charge in [0.2, 0.25) is 0 Å². The summed E-state index contributed by atoms with van der Waals surface area (Å²) >= 11 is 3.16. The van der Waals surface area contributed by atoms with Crippen LogP contribution in [0.2, 0.25) is 0 Å². The third kappa shape index (κ3) is 4.11. The summed E-state index contributed by atoms with van der Waals surface area (Å²) in [7, 11) is 1.69. The number of nitrogens with zero attached hydrogens (tertiary/aromatic N) is 2. The van der Waals surface area contributed by atoms with Gasteiger partial charge in [0.05, 0.1) is 39.0 Å². The van der Waals surface area contributed by atoms with E-state index in [2.05, 4.69) is 28.6 Å². The molecule has 2 aromatic heterocycles. The van der Waals surface area contributed by atoms with E-state index in [1.165, 1.54) is 21.8 Å². The summed E-state index contributed by atoms with van der Waals surface area (Å²) in [5.74, 6) is 1.01. The van der Waals surface area contributed by atoms with Crippen LogP contribution in [0.25, 0.3) is 10.6 Å². The van der Waals surface area contributed by atoms with Gasteiger partial charge >= 0.3 is 0 Å². The molecule has 146 valence electrons. The van der Waals surface area contributed by atoms with Crippen LogP contribution < -0.4 is 9.64 Å². The fourth-order valence-electron chi connectivity index (χ4n) is 3.48. The number of carbonyl (C=O) groups is 1. The minimum Gasteiger partial charge on any atom is -0.497 e. The first-order valence-electron chi connectivity index (χ1n) is 9.40. The number of hydrogen-bond acceptors (Lipinski definition) is 5. The van der Waals surface area contributed by atoms with Gasteiger partial charge in [0.1, 0.15) is 22.2 Å². The number of benzene rings is 1. The lowest BCUT2D eigenvalue weighted by Gasteiger charge is -2.32. The summed E-state index contributed by atoms with van der Waals surface area (Å²) < 4.78 is 5.22. The second kappa shape index (κ2) is 8.43. The maximum atomic E-state index is 13.0. The highest BCUT2D eigenvalue weighted by molar-refractivity contribution is 7.17. The van der Waals surface area contributed by atoms with E-state index in [1.807, 2.05) is 29.3 Å². The number of thiazole rings is 1. The molecule has 1 amide bonds. The largest absolute Gasteiger partial charge is 0.497 e. The van der Waals surface area contributed by atoms with Crippen molar-refractivity contribution >= 4 is 28.6 Å². The first-order valence-corrected chi connectivity index (χ1v) is 11.2. The molecule has 3 heterocycles. The van der Waals surface area contributed by atoms with Gasteiger partial charge in [-0.15, -0.1) is 11.3 Å². The van der Waals surface area contributed by atoms with E-state index in [0.29, 0.717) is 0 Å². The molecule has 0 unspecified atom stereocenters. The summed E-state index contributed by atoms with van der Waals surface area (Å²) in [6, 6.07) is 10.3. The van der Waals surface area contributed by atoms with Gasteiger partial charge in [-0.1, -0.05) is 0 Å². The maximum Gasteiger partial charge on any atom is 0.266 e. The lowest BCUT2D eigenvalue weighted by molar-refractivity contribution is -0.917. The highest BCUT2D eigenvalue weighted by atomic mass is 32.1. The van der Waals surface area contributed by atoms with Gasteiger partial charge in [-0.25, -0.2) is 4.98 Å². The number of carbonyl (C=O) groups excluding carboxylic acids is 1. The summed E-state index contributed by atoms with van der Waals surface area (Å²) in [6.45, 7) is 6.42. The van der Waals surface area contributed by atoms with E-state index in [-0.39, 0.29) is 5.91 Å². The number of aryl methyl sites for hydroxylation is 1. The van der Waals surface area contributed by atoms with Crippen LogP contribution in [-0.4, -0.2) is 49.1 Å². The first-order chi connectivity index (χ1) is 13.6. The van der Waals surface area contributed by atoms with Crippen molar-refractivity contribution in [1.82, 2.24) is 9.88 Å². The molecule has 1 fully saturated rings. The number of methoxy groups -OCH3 is 1. The second-order valence-electron chi connectivity index (χ2n) is 7.01. The molecule has 7 heteroatoms. The van der Waals surface area contributed by atoms with Crippen LogP contribution in [0.1, 0.15) is 20.9 Å². The third-order valence-electron chi connectivity index (χ3n) is 5.13. The molecule has 1 aliphatic heterocycles. The van der Waals surface area contributed by atoms with E-state index in [1.54, 1.807) is 18.4 Å². The molecule has 0 atom stereocenters. The van der Waals surface area contributed by atoms with Crippen LogP contribution in [0.5, 0.6) is 5.75 Å². The molecule has 5 nitrogen and oxygen atoms in total. The lowest BCUT2D eigenvalue weighted by atomic mass is 10.2. The highest BCUT2D eigenvalue weighted by Crippen LogP contribution is 2.30. The number of ether oxygens (including phenoxy) is 1. The lowest BCUT2D eigenvalue weighted by Crippen LogP contribution is -3.13. The highest BCUT2D eigenvalue weighted by Gasteiger charge is 2.27. The average Bonchev–Trinajstić information content (AvgIpc) is 3.38. The van der Waals surface area contributed by atoms with Gasteiger partial charge in [-0.2, -0.15) is 11.3 Å². The Morgan fingerprint density at radius 2 is 1.96 bits per heavy atom. The number of nitrogens with one attached hydrogen (secondary N) is 1. The molecule has 4 rings (SSSR count). The van der Waals surface area contributed by atoms with E-state index in [4.69, 9.17) is 4.74 Å². The van der Waals surface area contributed by atoms with Crippen molar-refractivity contribution in [3.63, 3.8) is 0 Å². The quantitative estimate of drug-likeness (QED) is 0.698. The SMILES string of the molecule is COc1ccc(C[NH+]2CCN(C(=O)c3sc(-c4ccsc4)nc3C)CC2)cc1. The molecule has 0 aliphatic carbocycles. The first kappa shape index (κ1) is 19.1. The van der Waals surface area contributed by atoms with Gasteiger partial charge in [-0.05, 0) is 42.6 Å². The van der Waals surface area contributed by atoms with Crippen LogP contribution in [0.3, 0.4) is 0 Å². The number of rotatable bonds is 5. The Labute approximate surface area is 173 Å². The van der Waals surface area contributed by atoms with Crippen LogP contribution >= 0.6 is 22.7 Å². The number of aromatic nitrogens is 1. The van der Waals surface area contributed by atoms with Crippen LogP contribution in [0, 0.1) is 6.92 Å². The van der Waals surface area contributed by atoms with Crippen molar-refractivity contribution in [2.45, 2.75) is 13.5 Å². The Kier molecular flexibility index (Phi) is 5.75. The Morgan fingerprint density at radius 3 is 2.61 bits per heavy atom. The molecule has 1 aliphatic rings. The number of amides is 1. The average molecular weight is 415 g/mol. The Morgan fingerprint density at radius 1 is 1.21 bits per heavy atom. The minimum atomic E-state index is 0.125. The van der Waals surface area contributed by atoms with Gasteiger partial charge in [0.15, 0.2) is 0 Å². The molecule has 1 aromatic carbocycles. The zero-order chi connectivity index (χ0) is 19.5. The second-order valence-corrected chi connectivity index (χ2v) is 8.79. The number of thiophene rings is 1. The molecule has 1 N–H and O–H groups in total. The normalized spacial score (nSPS) is 15.0. The van der Waals surface area contributed by atoms with E-state index < -0.39 is 0 Å². The van der Waals surface area contributed by atoms with E-state index in [0.717, 1.165) is 59.6 Å². The molecular weight excluding hydrogens is 390 g/mol. The van der Waals surface area contributed by atoms with Gasteiger partial charge in [0.25, 0.3) is 5.91 Å². The van der Waals surface area contributed by atoms with E-state index >= 15 is 0 Å². The molecule has 1 saturated heterocycles. The van der Waals surface area contributed by atoms with Crippen LogP contribution in [0.15, 0.2) is 41.1 Å². The standard InChI is InChI=1S/C21H23N3O2S2/c1-15-19(28-20(22-15)17-7-12-27-14-17)21(25)24-10-8-23(9-11-24)13-16-3-5-18(26-2)6-4-16/h3-7,12,14H,8-11,13H2,1-2H3/p+1. The number of hydrogen-bond donors (Lipinski definition) is 1. The smallest absolute Gasteiger partial charge is 0.266 e. The van der Waals surface area contributed by atoms with Crippen LogP contribution in [-0.2, 0) is 6.54 Å². The predicted octanol–water partition coefficient (Wildman–Crippen LogP) is 2.73. The molecule has 3 aromatic rings. The van der Waals surface area contributed by atoms with Crippen molar-refractivity contribution in [2.24, 2.45) is 0 Å². The summed E-state index contributed by atoms with van der Waals surface area (Å²) in [5.41, 5.74) is 3.24. The molecular formula is C21H24N3O2S2+. The zero-order valence-corrected chi connectivity index (χ0v) is 17.7. The van der Waals surface area contributed by atoms with Gasteiger partial charge < -0.3 is 14.5 Å². The minimum absolute atomic E-state index is 0.125. The number of quaternary nitrogens is 1. The van der Waals surface area contributed by atoms with Gasteiger partial charge in [0, 0.05) is 16.5 Å². The molecule has 0 spiro atoms. The summed E-state index contributed by atoms with van der Waals surface area (Å²) in [6.07, 6.45) is 0. The van der Waals surface area contributed by atoms with Crippen molar-refractivity contribution in [1.29, 1.82) is 0 Å². The Hall–Kier alpha value is -2.22. The van der Waals surface area contributed by atoms with Crippen molar-refractivity contribution in [3.05, 3.63) is 57.2 Å². The topological polar surface area (TPSA) is 46.9 Å². The number of piperazine rings is 1. The summed E-state index contributed by atoms with van der Waals surface area (Å²) in [5, 5.41) is 5.05. The molecule has 0 radical (unpaired) electrons. The predicted molar refractivity (Wildman–Crippen MR) is 113 cm³/mol. The fraction of sp³-hybridized carbons (Fsp3) is 0.333. The zero-order valence-electron chi connectivity index (χ0n) is 16.1. The fourth-order valence-corrected chi connectivity index (χ4v) is 5.23. The molecule has 0 saturated carbocycles. The van der Waals surface area contributed by atoms with Crippen molar-refractivity contribution in [3.8, 4) is 16.3 Å². The summed E-state index contributed by atoms with van der Waals surface area (Å²) in [4.78, 5) is 21.9. The third-order valence-corrected chi connectivity index (χ3v) is 7.01. The van der Waals surface area contributed by atoms with E-state index in [9.17, 15) is 4.79 Å². The van der Waals surface area contributed by atoms with Crippen molar-refractivity contribution < 1.29 is 14.4 Å². The molecule has 0 bridgehead atoms. The van der Waals surface area contributed by atoms with Crippen molar-refractivity contribution in [2.75, 3.05) is 33.3 Å².